The monoisotopic (exact) mass is 360 g/mol. The molecule has 2 heterocycles. The molecule has 0 aliphatic carbocycles. The molecule has 1 amide bonds. The van der Waals surface area contributed by atoms with Gasteiger partial charge in [0.1, 0.15) is 5.01 Å². The van der Waals surface area contributed by atoms with Crippen molar-refractivity contribution < 1.29 is 4.79 Å². The van der Waals surface area contributed by atoms with Crippen molar-refractivity contribution in [2.45, 2.75) is 26.8 Å². The van der Waals surface area contributed by atoms with Crippen molar-refractivity contribution in [1.82, 2.24) is 30.4 Å². The van der Waals surface area contributed by atoms with Crippen LogP contribution in [0.15, 0.2) is 24.3 Å². The van der Waals surface area contributed by atoms with Crippen LogP contribution in [-0.2, 0) is 11.3 Å². The van der Waals surface area contributed by atoms with Gasteiger partial charge in [0.25, 0.3) is 0 Å². The number of thiocarbonyl (C=S) groups is 1. The summed E-state index contributed by atoms with van der Waals surface area (Å²) in [6.07, 6.45) is 0.406. The lowest BCUT2D eigenvalue weighted by Crippen LogP contribution is -2.38. The smallest absolute Gasteiger partial charge is 0.234 e. The molecule has 0 spiro atoms. The Morgan fingerprint density at radius 3 is 2.71 bits per heavy atom. The molecule has 0 unspecified atom stereocenters. The van der Waals surface area contributed by atoms with Crippen LogP contribution in [0.5, 0.6) is 0 Å². The van der Waals surface area contributed by atoms with Crippen molar-refractivity contribution in [3.63, 3.8) is 0 Å². The van der Waals surface area contributed by atoms with Gasteiger partial charge in [0.2, 0.25) is 10.9 Å². The van der Waals surface area contributed by atoms with E-state index in [1.807, 2.05) is 31.2 Å². The molecule has 3 aromatic rings. The highest BCUT2D eigenvalue weighted by Crippen LogP contribution is 2.25. The lowest BCUT2D eigenvalue weighted by molar-refractivity contribution is -0.119. The number of carbonyl (C=O) groups excluding carboxylic acids is 1. The molecule has 2 aromatic heterocycles. The number of carbonyl (C=O) groups is 1. The lowest BCUT2D eigenvalue weighted by atomic mass is 10.1. The molecule has 24 heavy (non-hydrogen) atoms. The predicted molar refractivity (Wildman–Crippen MR) is 96.7 cm³/mol. The fraction of sp³-hybridized carbons (Fsp3) is 0.267. The van der Waals surface area contributed by atoms with Gasteiger partial charge in [-0.05, 0) is 24.7 Å². The van der Waals surface area contributed by atoms with E-state index in [9.17, 15) is 4.79 Å². The van der Waals surface area contributed by atoms with Crippen molar-refractivity contribution in [1.29, 1.82) is 0 Å². The first-order valence-electron chi connectivity index (χ1n) is 7.42. The molecule has 0 radical (unpaired) electrons. The largest absolute Gasteiger partial charge is 0.358 e. The molecule has 0 bridgehead atoms. The van der Waals surface area contributed by atoms with Crippen molar-refractivity contribution in [3.05, 3.63) is 35.7 Å². The topological polar surface area (TPSA) is 84.2 Å². The summed E-state index contributed by atoms with van der Waals surface area (Å²) in [7, 11) is 0. The fourth-order valence-corrected chi connectivity index (χ4v) is 3.11. The number of hydrogen-bond acceptors (Lipinski definition) is 6. The number of nitrogens with zero attached hydrogens (tertiary/aromatic N) is 4. The quantitative estimate of drug-likeness (QED) is 0.693. The molecule has 9 heteroatoms. The van der Waals surface area contributed by atoms with Crippen LogP contribution in [0, 0.1) is 6.92 Å². The Balaban J connectivity index is 1.64. The van der Waals surface area contributed by atoms with Crippen LogP contribution < -0.4 is 10.6 Å². The van der Waals surface area contributed by atoms with Crippen molar-refractivity contribution in [3.8, 4) is 10.6 Å². The second-order valence-electron chi connectivity index (χ2n) is 5.13. The van der Waals surface area contributed by atoms with Gasteiger partial charge in [-0.2, -0.15) is 9.61 Å². The maximum absolute atomic E-state index is 11.3. The van der Waals surface area contributed by atoms with Crippen molar-refractivity contribution in [2.75, 3.05) is 0 Å². The van der Waals surface area contributed by atoms with Crippen LogP contribution in [0.4, 0.5) is 0 Å². The number of benzene rings is 1. The summed E-state index contributed by atoms with van der Waals surface area (Å²) in [4.78, 5) is 12.0. The zero-order valence-corrected chi connectivity index (χ0v) is 14.9. The molecule has 3 rings (SSSR count). The SMILES string of the molecule is CCC(=O)NC(=S)NCc1ccc(-c2nn3c(C)nnc3s2)cc1. The van der Waals surface area contributed by atoms with E-state index in [1.165, 1.54) is 11.3 Å². The number of aromatic nitrogens is 4. The summed E-state index contributed by atoms with van der Waals surface area (Å²) >= 11 is 6.57. The van der Waals surface area contributed by atoms with E-state index in [1.54, 1.807) is 11.4 Å². The van der Waals surface area contributed by atoms with E-state index in [0.29, 0.717) is 18.1 Å². The minimum atomic E-state index is -0.0959. The van der Waals surface area contributed by atoms with Crippen LogP contribution in [0.25, 0.3) is 15.5 Å². The van der Waals surface area contributed by atoms with Gasteiger partial charge < -0.3 is 10.6 Å². The molecule has 2 N–H and O–H groups in total. The van der Waals surface area contributed by atoms with E-state index in [2.05, 4.69) is 25.9 Å². The third-order valence-electron chi connectivity index (χ3n) is 3.37. The van der Waals surface area contributed by atoms with E-state index >= 15 is 0 Å². The molecule has 0 fully saturated rings. The Labute approximate surface area is 148 Å². The molecule has 0 saturated carbocycles. The molecule has 0 aliphatic rings. The zero-order valence-electron chi connectivity index (χ0n) is 13.2. The van der Waals surface area contributed by atoms with E-state index < -0.39 is 0 Å². The number of rotatable bonds is 4. The first kappa shape index (κ1) is 16.5. The molecule has 0 aliphatic heterocycles. The maximum atomic E-state index is 11.3. The number of nitrogens with one attached hydrogen (secondary N) is 2. The molecule has 0 atom stereocenters. The lowest BCUT2D eigenvalue weighted by Gasteiger charge is -2.09. The van der Waals surface area contributed by atoms with E-state index in [0.717, 1.165) is 26.9 Å². The zero-order chi connectivity index (χ0) is 17.1. The number of fused-ring (bicyclic) bond motifs is 1. The minimum Gasteiger partial charge on any atom is -0.358 e. The normalized spacial score (nSPS) is 10.8. The average molecular weight is 360 g/mol. The van der Waals surface area contributed by atoms with Crippen molar-refractivity contribution >= 4 is 39.5 Å². The highest BCUT2D eigenvalue weighted by atomic mass is 32.1. The second-order valence-corrected chi connectivity index (χ2v) is 6.49. The summed E-state index contributed by atoms with van der Waals surface area (Å²) < 4.78 is 1.74. The van der Waals surface area contributed by atoms with Gasteiger partial charge in [-0.15, -0.1) is 10.2 Å². The minimum absolute atomic E-state index is 0.0959. The van der Waals surface area contributed by atoms with Gasteiger partial charge in [-0.1, -0.05) is 42.5 Å². The highest BCUT2D eigenvalue weighted by molar-refractivity contribution is 7.80. The van der Waals surface area contributed by atoms with Gasteiger partial charge in [0, 0.05) is 18.5 Å². The summed E-state index contributed by atoms with van der Waals surface area (Å²) in [6.45, 7) is 4.20. The third kappa shape index (κ3) is 3.57. The van der Waals surface area contributed by atoms with Crippen LogP contribution in [0.2, 0.25) is 0 Å². The molecule has 0 saturated heterocycles. The molecule has 1 aromatic carbocycles. The Kier molecular flexibility index (Phi) is 4.81. The van der Waals surface area contributed by atoms with E-state index in [4.69, 9.17) is 12.2 Å². The number of hydrogen-bond donors (Lipinski definition) is 2. The van der Waals surface area contributed by atoms with Crippen LogP contribution in [0.1, 0.15) is 24.7 Å². The first-order chi connectivity index (χ1) is 11.6. The average Bonchev–Trinajstić information content (AvgIpc) is 3.16. The van der Waals surface area contributed by atoms with Crippen LogP contribution >= 0.6 is 23.6 Å². The van der Waals surface area contributed by atoms with Gasteiger partial charge in [-0.3, -0.25) is 4.79 Å². The summed E-state index contributed by atoms with van der Waals surface area (Å²) in [5.74, 6) is 0.678. The van der Waals surface area contributed by atoms with Gasteiger partial charge in [-0.25, -0.2) is 0 Å². The fourth-order valence-electron chi connectivity index (χ4n) is 2.04. The molecular formula is C15H16N6OS2. The predicted octanol–water partition coefficient (Wildman–Crippen LogP) is 2.06. The summed E-state index contributed by atoms with van der Waals surface area (Å²) in [5.41, 5.74) is 2.08. The first-order valence-corrected chi connectivity index (χ1v) is 8.65. The van der Waals surface area contributed by atoms with E-state index in [-0.39, 0.29) is 5.91 Å². The Morgan fingerprint density at radius 1 is 1.29 bits per heavy atom. The Hall–Kier alpha value is -2.39. The van der Waals surface area contributed by atoms with Crippen LogP contribution in [-0.4, -0.2) is 30.8 Å². The number of aryl methyl sites for hydroxylation is 1. The molecule has 124 valence electrons. The number of amides is 1. The van der Waals surface area contributed by atoms with Gasteiger partial charge >= 0.3 is 0 Å². The highest BCUT2D eigenvalue weighted by Gasteiger charge is 2.10. The van der Waals surface area contributed by atoms with Crippen LogP contribution in [0.3, 0.4) is 0 Å². The molecular weight excluding hydrogens is 344 g/mol. The summed E-state index contributed by atoms with van der Waals surface area (Å²) in [5, 5.41) is 19.4. The third-order valence-corrected chi connectivity index (χ3v) is 4.57. The molecule has 7 nitrogen and oxygen atoms in total. The second kappa shape index (κ2) is 7.02. The summed E-state index contributed by atoms with van der Waals surface area (Å²) in [6, 6.07) is 8.02. The van der Waals surface area contributed by atoms with Gasteiger partial charge in [0.05, 0.1) is 0 Å². The van der Waals surface area contributed by atoms with Gasteiger partial charge in [0.15, 0.2) is 10.9 Å². The van der Waals surface area contributed by atoms with Crippen molar-refractivity contribution in [2.24, 2.45) is 0 Å². The Morgan fingerprint density at radius 2 is 2.04 bits per heavy atom. The standard InChI is InChI=1S/C15H16N6OS2/c1-3-12(22)17-14(23)16-8-10-4-6-11(7-5-10)13-20-21-9(2)18-19-15(21)24-13/h4-7H,3,8H2,1-2H3,(H2,16,17,22,23). The Bertz CT molecular complexity index is 883. The maximum Gasteiger partial charge on any atom is 0.234 e.